The molecule has 0 aliphatic heterocycles. The Hall–Kier alpha value is -1.54. The standard InChI is InChI=1S/C11H12N2O4S2/c1-3-17-10(16)5(2)18-11-13-9-8(19-11)6(14)4-7(15)12-9/h4-5H,3H2,1-2H3,(H2,12,14,15)/t5-/m1/s1. The number of carbonyl (C=O) groups excluding carboxylic acids is 1. The van der Waals surface area contributed by atoms with Crippen LogP contribution in [0.4, 0.5) is 0 Å². The van der Waals surface area contributed by atoms with Gasteiger partial charge in [0.05, 0.1) is 6.61 Å². The van der Waals surface area contributed by atoms with Gasteiger partial charge in [0.15, 0.2) is 9.99 Å². The molecule has 8 heteroatoms. The number of hydrogen-bond donors (Lipinski definition) is 2. The molecule has 1 atom stereocenters. The molecule has 0 fully saturated rings. The number of pyridine rings is 1. The number of aromatic nitrogens is 2. The van der Waals surface area contributed by atoms with Gasteiger partial charge in [-0.3, -0.25) is 9.59 Å². The van der Waals surface area contributed by atoms with E-state index in [9.17, 15) is 14.7 Å². The number of rotatable bonds is 4. The fourth-order valence-electron chi connectivity index (χ4n) is 1.41. The summed E-state index contributed by atoms with van der Waals surface area (Å²) in [7, 11) is 0. The SMILES string of the molecule is CCOC(=O)[C@@H](C)Sc1nc2[nH]c(=O)cc(O)c2s1. The molecule has 0 spiro atoms. The summed E-state index contributed by atoms with van der Waals surface area (Å²) in [6.07, 6.45) is 0. The lowest BCUT2D eigenvalue weighted by Gasteiger charge is -2.07. The summed E-state index contributed by atoms with van der Waals surface area (Å²) < 4.78 is 5.99. The second-order valence-corrected chi connectivity index (χ2v) is 6.28. The van der Waals surface area contributed by atoms with Crippen LogP contribution in [0.5, 0.6) is 5.75 Å². The monoisotopic (exact) mass is 300 g/mol. The van der Waals surface area contributed by atoms with Crippen molar-refractivity contribution in [3.05, 3.63) is 16.4 Å². The minimum absolute atomic E-state index is 0.105. The Balaban J connectivity index is 2.25. The first-order chi connectivity index (χ1) is 9.01. The topological polar surface area (TPSA) is 92.3 Å². The number of esters is 1. The predicted molar refractivity (Wildman–Crippen MR) is 73.9 cm³/mol. The van der Waals surface area contributed by atoms with Gasteiger partial charge in [0.2, 0.25) is 0 Å². The van der Waals surface area contributed by atoms with Crippen LogP contribution in [0.15, 0.2) is 15.2 Å². The number of carbonyl (C=O) groups is 1. The summed E-state index contributed by atoms with van der Waals surface area (Å²) in [5.74, 6) is -0.420. The zero-order valence-electron chi connectivity index (χ0n) is 10.3. The van der Waals surface area contributed by atoms with Crippen LogP contribution in [0.2, 0.25) is 0 Å². The van der Waals surface area contributed by atoms with Gasteiger partial charge in [-0.2, -0.15) is 0 Å². The van der Waals surface area contributed by atoms with Gasteiger partial charge in [-0.1, -0.05) is 11.8 Å². The quantitative estimate of drug-likeness (QED) is 0.660. The second-order valence-electron chi connectivity index (χ2n) is 3.69. The van der Waals surface area contributed by atoms with Crippen molar-refractivity contribution in [2.45, 2.75) is 23.4 Å². The maximum absolute atomic E-state index is 11.5. The van der Waals surface area contributed by atoms with E-state index < -0.39 is 10.8 Å². The predicted octanol–water partition coefficient (Wildman–Crippen LogP) is 1.73. The molecule has 0 saturated carbocycles. The Bertz CT molecular complexity index is 664. The van der Waals surface area contributed by atoms with E-state index in [1.165, 1.54) is 23.1 Å². The molecule has 2 rings (SSSR count). The van der Waals surface area contributed by atoms with Crippen LogP contribution in [0.1, 0.15) is 13.8 Å². The summed E-state index contributed by atoms with van der Waals surface area (Å²) in [4.78, 5) is 29.4. The second kappa shape index (κ2) is 5.62. The van der Waals surface area contributed by atoms with Crippen molar-refractivity contribution in [1.82, 2.24) is 9.97 Å². The van der Waals surface area contributed by atoms with Crippen molar-refractivity contribution in [1.29, 1.82) is 0 Å². The van der Waals surface area contributed by atoms with Gasteiger partial charge in [-0.25, -0.2) is 4.98 Å². The number of thiazole rings is 1. The number of ether oxygens (including phenoxy) is 1. The molecule has 0 aliphatic rings. The summed E-state index contributed by atoms with van der Waals surface area (Å²) in [6.45, 7) is 3.80. The number of nitrogens with one attached hydrogen (secondary N) is 1. The van der Waals surface area contributed by atoms with Crippen molar-refractivity contribution in [2.75, 3.05) is 6.61 Å². The number of hydrogen-bond acceptors (Lipinski definition) is 7. The molecule has 0 amide bonds. The third kappa shape index (κ3) is 3.07. The van der Waals surface area contributed by atoms with E-state index in [0.29, 0.717) is 21.3 Å². The smallest absolute Gasteiger partial charge is 0.319 e. The number of aromatic hydroxyl groups is 1. The fourth-order valence-corrected chi connectivity index (χ4v) is 3.57. The highest BCUT2D eigenvalue weighted by Crippen LogP contribution is 2.34. The number of fused-ring (bicyclic) bond motifs is 1. The van der Waals surface area contributed by atoms with E-state index in [2.05, 4.69) is 9.97 Å². The van der Waals surface area contributed by atoms with Crippen LogP contribution in [0.3, 0.4) is 0 Å². The van der Waals surface area contributed by atoms with Crippen LogP contribution >= 0.6 is 23.1 Å². The molecular weight excluding hydrogens is 288 g/mol. The Morgan fingerprint density at radius 2 is 2.42 bits per heavy atom. The van der Waals surface area contributed by atoms with Gasteiger partial charge < -0.3 is 14.8 Å². The first-order valence-electron chi connectivity index (χ1n) is 5.57. The van der Waals surface area contributed by atoms with Crippen LogP contribution in [0, 0.1) is 0 Å². The highest BCUT2D eigenvalue weighted by atomic mass is 32.2. The zero-order chi connectivity index (χ0) is 14.0. The Morgan fingerprint density at radius 3 is 3.11 bits per heavy atom. The van der Waals surface area contributed by atoms with Crippen LogP contribution in [-0.2, 0) is 9.53 Å². The number of nitrogens with zero attached hydrogens (tertiary/aromatic N) is 1. The molecule has 2 N–H and O–H groups in total. The minimum atomic E-state index is -0.412. The molecule has 102 valence electrons. The summed E-state index contributed by atoms with van der Waals surface area (Å²) in [6, 6.07) is 1.10. The molecule has 2 aromatic heterocycles. The molecule has 6 nitrogen and oxygen atoms in total. The summed E-state index contributed by atoms with van der Waals surface area (Å²) in [5.41, 5.74) is -0.0844. The first-order valence-corrected chi connectivity index (χ1v) is 7.27. The molecule has 2 aromatic rings. The highest BCUT2D eigenvalue weighted by molar-refractivity contribution is 8.02. The maximum Gasteiger partial charge on any atom is 0.319 e. The molecule has 0 radical (unpaired) electrons. The summed E-state index contributed by atoms with van der Waals surface area (Å²) >= 11 is 2.45. The lowest BCUT2D eigenvalue weighted by molar-refractivity contribution is -0.142. The van der Waals surface area contributed by atoms with Gasteiger partial charge >= 0.3 is 5.97 Å². The number of aromatic amines is 1. The Labute approximate surface area is 116 Å². The van der Waals surface area contributed by atoms with Gasteiger partial charge in [-0.15, -0.1) is 11.3 Å². The Kier molecular flexibility index (Phi) is 4.11. The highest BCUT2D eigenvalue weighted by Gasteiger charge is 2.18. The van der Waals surface area contributed by atoms with Gasteiger partial charge in [-0.05, 0) is 13.8 Å². The van der Waals surface area contributed by atoms with E-state index in [4.69, 9.17) is 4.74 Å². The molecular formula is C11H12N2O4S2. The van der Waals surface area contributed by atoms with Crippen molar-refractivity contribution in [3.63, 3.8) is 0 Å². The van der Waals surface area contributed by atoms with Gasteiger partial charge in [0, 0.05) is 6.07 Å². The number of thioether (sulfide) groups is 1. The van der Waals surface area contributed by atoms with E-state index in [0.717, 1.165) is 6.07 Å². The lowest BCUT2D eigenvalue weighted by Crippen LogP contribution is -2.16. The third-order valence-electron chi connectivity index (χ3n) is 2.25. The van der Waals surface area contributed by atoms with Crippen molar-refractivity contribution >= 4 is 39.4 Å². The normalized spacial score (nSPS) is 12.5. The Morgan fingerprint density at radius 1 is 1.68 bits per heavy atom. The van der Waals surface area contributed by atoms with Gasteiger partial charge in [0.1, 0.15) is 15.7 Å². The maximum atomic E-state index is 11.5. The average molecular weight is 300 g/mol. The largest absolute Gasteiger partial charge is 0.506 e. The van der Waals surface area contributed by atoms with E-state index in [1.54, 1.807) is 13.8 Å². The third-order valence-corrected chi connectivity index (χ3v) is 4.50. The zero-order valence-corrected chi connectivity index (χ0v) is 11.9. The minimum Gasteiger partial charge on any atom is -0.506 e. The van der Waals surface area contributed by atoms with E-state index in [-0.39, 0.29) is 11.7 Å². The average Bonchev–Trinajstić information content (AvgIpc) is 2.72. The van der Waals surface area contributed by atoms with Crippen molar-refractivity contribution < 1.29 is 14.6 Å². The van der Waals surface area contributed by atoms with Crippen molar-refractivity contribution in [2.24, 2.45) is 0 Å². The van der Waals surface area contributed by atoms with Crippen molar-refractivity contribution in [3.8, 4) is 5.75 Å². The molecule has 0 aromatic carbocycles. The van der Waals surface area contributed by atoms with Gasteiger partial charge in [0.25, 0.3) is 5.56 Å². The molecule has 19 heavy (non-hydrogen) atoms. The molecule has 0 unspecified atom stereocenters. The van der Waals surface area contributed by atoms with E-state index >= 15 is 0 Å². The molecule has 0 saturated heterocycles. The van der Waals surface area contributed by atoms with Crippen LogP contribution in [-0.4, -0.2) is 32.9 Å². The van der Waals surface area contributed by atoms with Crippen LogP contribution < -0.4 is 5.56 Å². The molecule has 0 aliphatic carbocycles. The fraction of sp³-hybridized carbons (Fsp3) is 0.364. The lowest BCUT2D eigenvalue weighted by atomic mass is 10.4. The first kappa shape index (κ1) is 13.9. The molecule has 0 bridgehead atoms. The van der Waals surface area contributed by atoms with E-state index in [1.807, 2.05) is 0 Å². The number of H-pyrrole nitrogens is 1. The summed E-state index contributed by atoms with van der Waals surface area (Å²) in [5, 5.41) is 9.25. The molecule has 2 heterocycles. The van der Waals surface area contributed by atoms with Crippen LogP contribution in [0.25, 0.3) is 10.3 Å².